The minimum atomic E-state index is -0.329. The molecule has 1 aromatic carbocycles. The molecule has 0 aliphatic heterocycles. The number of amides is 1. The number of hydrogen-bond acceptors (Lipinski definition) is 2. The van der Waals surface area contributed by atoms with Crippen molar-refractivity contribution in [2.45, 2.75) is 26.2 Å². The number of rotatable bonds is 6. The molecule has 0 spiro atoms. The molecule has 0 saturated heterocycles. The number of carbonyl (C=O) groups excluding carboxylic acids is 1. The summed E-state index contributed by atoms with van der Waals surface area (Å²) in [6.45, 7) is 6.11. The van der Waals surface area contributed by atoms with Crippen LogP contribution in [0.1, 0.15) is 26.2 Å². The molecule has 1 N–H and O–H groups in total. The smallest absolute Gasteiger partial charge is 0.224 e. The van der Waals surface area contributed by atoms with Crippen LogP contribution in [0.4, 0.5) is 5.69 Å². The van der Waals surface area contributed by atoms with E-state index in [4.69, 9.17) is 4.74 Å². The maximum absolute atomic E-state index is 10.9. The Morgan fingerprint density at radius 1 is 1.38 bits per heavy atom. The lowest BCUT2D eigenvalue weighted by molar-refractivity contribution is -0.112. The van der Waals surface area contributed by atoms with Gasteiger partial charge in [-0.3, -0.25) is 4.79 Å². The van der Waals surface area contributed by atoms with Crippen LogP contribution in [0.2, 0.25) is 0 Å². The fraction of sp³-hybridized carbons (Fsp3) is 0.385. The average Bonchev–Trinajstić information content (AvgIpc) is 2.26. The summed E-state index contributed by atoms with van der Waals surface area (Å²) >= 11 is 0. The van der Waals surface area contributed by atoms with Gasteiger partial charge in [0.1, 0.15) is 5.75 Å². The minimum absolute atomic E-state index is 0.329. The fourth-order valence-corrected chi connectivity index (χ4v) is 1.38. The number of ether oxygens (including phenoxy) is 1. The van der Waals surface area contributed by atoms with Gasteiger partial charge >= 0.3 is 0 Å². The average molecular weight is 220 g/mol. The van der Waals surface area contributed by atoms with Gasteiger partial charge in [-0.15, -0.1) is 0 Å². The third kappa shape index (κ3) is 4.34. The molecule has 0 aliphatic carbocycles. The Bertz CT molecular complexity index is 336. The Morgan fingerprint density at radius 2 is 2.12 bits per heavy atom. The molecule has 16 heavy (non-hydrogen) atoms. The van der Waals surface area contributed by atoms with E-state index >= 15 is 0 Å². The summed E-state index contributed by atoms with van der Waals surface area (Å²) in [5, 5.41) is 2.64. The van der Waals surface area contributed by atoms with Crippen LogP contribution in [0.3, 0.4) is 0 Å². The van der Waals surface area contributed by atoms with Crippen molar-refractivity contribution in [3.8, 4) is 5.75 Å². The summed E-state index contributed by atoms with van der Waals surface area (Å²) < 4.78 is 5.60. The van der Waals surface area contributed by atoms with Crippen LogP contribution in [-0.2, 0) is 4.79 Å². The molecule has 0 fully saturated rings. The standard InChI is InChI=1S/C13H18NO2/c1-3-4-7-10-16-13-9-6-5-8-12(13)14-11(2)15/h5-6,8-9H,2-4,7,10H2,1H3,(H,14,15). The fourth-order valence-electron chi connectivity index (χ4n) is 1.38. The molecule has 1 aromatic rings. The Morgan fingerprint density at radius 3 is 2.81 bits per heavy atom. The van der Waals surface area contributed by atoms with Crippen LogP contribution < -0.4 is 10.1 Å². The molecule has 0 heterocycles. The maximum Gasteiger partial charge on any atom is 0.224 e. The molecule has 87 valence electrons. The highest BCUT2D eigenvalue weighted by molar-refractivity contribution is 5.95. The van der Waals surface area contributed by atoms with Gasteiger partial charge < -0.3 is 10.1 Å². The second-order valence-electron chi connectivity index (χ2n) is 3.60. The zero-order valence-corrected chi connectivity index (χ0v) is 9.66. The number of benzene rings is 1. The zero-order chi connectivity index (χ0) is 11.8. The number of anilines is 1. The van der Waals surface area contributed by atoms with Crippen molar-refractivity contribution >= 4 is 11.6 Å². The van der Waals surface area contributed by atoms with E-state index in [1.54, 1.807) is 6.07 Å². The van der Waals surface area contributed by atoms with Gasteiger partial charge in [0.25, 0.3) is 0 Å². The highest BCUT2D eigenvalue weighted by Gasteiger charge is 2.03. The summed E-state index contributed by atoms with van der Waals surface area (Å²) in [7, 11) is 0. The Labute approximate surface area is 96.8 Å². The van der Waals surface area contributed by atoms with E-state index in [2.05, 4.69) is 19.2 Å². The highest BCUT2D eigenvalue weighted by atomic mass is 16.5. The molecule has 0 aliphatic rings. The predicted molar refractivity (Wildman–Crippen MR) is 65.4 cm³/mol. The number of unbranched alkanes of at least 4 members (excludes halogenated alkanes) is 2. The maximum atomic E-state index is 10.9. The van der Waals surface area contributed by atoms with E-state index in [9.17, 15) is 4.79 Å². The summed E-state index contributed by atoms with van der Waals surface area (Å²) in [6, 6.07) is 7.38. The van der Waals surface area contributed by atoms with E-state index in [0.29, 0.717) is 18.0 Å². The molecule has 0 atom stereocenters. The molecular weight excluding hydrogens is 202 g/mol. The number of hydrogen-bond donors (Lipinski definition) is 1. The second-order valence-corrected chi connectivity index (χ2v) is 3.60. The molecular formula is C13H18NO2. The number of nitrogens with one attached hydrogen (secondary N) is 1. The van der Waals surface area contributed by atoms with Crippen LogP contribution in [-0.4, -0.2) is 12.5 Å². The quantitative estimate of drug-likeness (QED) is 0.748. The van der Waals surface area contributed by atoms with Crippen LogP contribution in [0, 0.1) is 6.92 Å². The molecule has 3 heteroatoms. The van der Waals surface area contributed by atoms with Gasteiger partial charge in [0, 0.05) is 6.92 Å². The molecule has 1 radical (unpaired) electrons. The van der Waals surface area contributed by atoms with Crippen molar-refractivity contribution in [2.24, 2.45) is 0 Å². The number of carbonyl (C=O) groups is 1. The lowest BCUT2D eigenvalue weighted by atomic mass is 10.2. The summed E-state index contributed by atoms with van der Waals surface area (Å²) in [6.07, 6.45) is 3.35. The van der Waals surface area contributed by atoms with E-state index in [-0.39, 0.29) is 5.91 Å². The molecule has 3 nitrogen and oxygen atoms in total. The van der Waals surface area contributed by atoms with Crippen molar-refractivity contribution in [3.63, 3.8) is 0 Å². The van der Waals surface area contributed by atoms with E-state index in [1.165, 1.54) is 6.42 Å². The highest BCUT2D eigenvalue weighted by Crippen LogP contribution is 2.23. The van der Waals surface area contributed by atoms with Crippen molar-refractivity contribution in [1.82, 2.24) is 0 Å². The van der Waals surface area contributed by atoms with Crippen molar-refractivity contribution in [3.05, 3.63) is 31.2 Å². The van der Waals surface area contributed by atoms with E-state index in [1.807, 2.05) is 18.2 Å². The molecule has 1 rings (SSSR count). The predicted octanol–water partition coefficient (Wildman–Crippen LogP) is 3.03. The zero-order valence-electron chi connectivity index (χ0n) is 9.66. The summed E-state index contributed by atoms with van der Waals surface area (Å²) in [5.41, 5.74) is 0.680. The molecule has 0 unspecified atom stereocenters. The van der Waals surface area contributed by atoms with Gasteiger partial charge in [-0.25, -0.2) is 0 Å². The largest absolute Gasteiger partial charge is 0.491 e. The van der Waals surface area contributed by atoms with Gasteiger partial charge in [0.05, 0.1) is 12.3 Å². The first-order chi connectivity index (χ1) is 7.74. The van der Waals surface area contributed by atoms with Crippen LogP contribution in [0.5, 0.6) is 5.75 Å². The third-order valence-electron chi connectivity index (χ3n) is 2.17. The first kappa shape index (κ1) is 12.6. The minimum Gasteiger partial charge on any atom is -0.491 e. The molecule has 0 saturated carbocycles. The number of para-hydroxylation sites is 2. The first-order valence-corrected chi connectivity index (χ1v) is 5.58. The summed E-state index contributed by atoms with van der Waals surface area (Å²) in [5.74, 6) is 0.375. The van der Waals surface area contributed by atoms with Crippen molar-refractivity contribution in [2.75, 3.05) is 11.9 Å². The second kappa shape index (κ2) is 6.88. The Hall–Kier alpha value is -1.51. The van der Waals surface area contributed by atoms with Crippen LogP contribution in [0.25, 0.3) is 0 Å². The lowest BCUT2D eigenvalue weighted by Gasteiger charge is -2.11. The SMILES string of the molecule is [CH2]C(=O)Nc1ccccc1OCCCCC. The van der Waals surface area contributed by atoms with Gasteiger partial charge in [-0.05, 0) is 18.6 Å². The molecule has 1 amide bonds. The monoisotopic (exact) mass is 220 g/mol. The normalized spacial score (nSPS) is 9.88. The van der Waals surface area contributed by atoms with Gasteiger partial charge in [-0.1, -0.05) is 31.9 Å². The van der Waals surface area contributed by atoms with Crippen molar-refractivity contribution in [1.29, 1.82) is 0 Å². The molecule has 0 bridgehead atoms. The van der Waals surface area contributed by atoms with Gasteiger partial charge in [0.15, 0.2) is 0 Å². The van der Waals surface area contributed by atoms with Gasteiger partial charge in [0.2, 0.25) is 5.91 Å². The molecule has 0 aromatic heterocycles. The van der Waals surface area contributed by atoms with Crippen molar-refractivity contribution < 1.29 is 9.53 Å². The third-order valence-corrected chi connectivity index (χ3v) is 2.17. The lowest BCUT2D eigenvalue weighted by Crippen LogP contribution is -2.08. The van der Waals surface area contributed by atoms with Crippen LogP contribution >= 0.6 is 0 Å². The Kier molecular flexibility index (Phi) is 5.40. The Balaban J connectivity index is 2.53. The van der Waals surface area contributed by atoms with Gasteiger partial charge in [-0.2, -0.15) is 0 Å². The summed E-state index contributed by atoms with van der Waals surface area (Å²) in [4.78, 5) is 10.9. The van der Waals surface area contributed by atoms with Crippen LogP contribution in [0.15, 0.2) is 24.3 Å². The first-order valence-electron chi connectivity index (χ1n) is 5.58. The van der Waals surface area contributed by atoms with E-state index < -0.39 is 0 Å². The van der Waals surface area contributed by atoms with E-state index in [0.717, 1.165) is 12.8 Å². The topological polar surface area (TPSA) is 38.3 Å².